The van der Waals surface area contributed by atoms with Crippen molar-refractivity contribution in [3.05, 3.63) is 57.7 Å². The molecule has 0 atom stereocenters. The second-order valence-corrected chi connectivity index (χ2v) is 7.91. The molecule has 4 nitrogen and oxygen atoms in total. The standard InChI is InChI=1S/C21H19BrF3NO3/c1-11(2)15-10-26-18-5-4-13(9-14(15)18)29-20-16(21(23,24)25)7-12(8-17(20)22)3-6-19(27)28/h4-5,7-11,26H,3,6H2,1-2H3,(H,27,28). The topological polar surface area (TPSA) is 62.3 Å². The van der Waals surface area contributed by atoms with E-state index >= 15 is 0 Å². The number of aromatic amines is 1. The molecule has 29 heavy (non-hydrogen) atoms. The van der Waals surface area contributed by atoms with Crippen molar-refractivity contribution in [3.63, 3.8) is 0 Å². The predicted octanol–water partition coefficient (Wildman–Crippen LogP) is 6.88. The number of alkyl halides is 3. The molecule has 154 valence electrons. The summed E-state index contributed by atoms with van der Waals surface area (Å²) >= 11 is 3.16. The highest BCUT2D eigenvalue weighted by Crippen LogP contribution is 2.44. The van der Waals surface area contributed by atoms with Gasteiger partial charge in [0.2, 0.25) is 0 Å². The molecule has 0 aliphatic carbocycles. The lowest BCUT2D eigenvalue weighted by Crippen LogP contribution is -2.09. The van der Waals surface area contributed by atoms with Crippen LogP contribution in [0.1, 0.15) is 42.9 Å². The van der Waals surface area contributed by atoms with Gasteiger partial charge in [-0.3, -0.25) is 4.79 Å². The fourth-order valence-corrected chi connectivity index (χ4v) is 3.73. The number of hydrogen-bond acceptors (Lipinski definition) is 2. The van der Waals surface area contributed by atoms with Gasteiger partial charge in [-0.1, -0.05) is 13.8 Å². The number of ether oxygens (including phenoxy) is 1. The maximum atomic E-state index is 13.7. The highest BCUT2D eigenvalue weighted by molar-refractivity contribution is 9.10. The van der Waals surface area contributed by atoms with Gasteiger partial charge in [-0.2, -0.15) is 13.2 Å². The molecule has 3 rings (SSSR count). The highest BCUT2D eigenvalue weighted by atomic mass is 79.9. The van der Waals surface area contributed by atoms with Crippen LogP contribution in [0, 0.1) is 0 Å². The number of hydrogen-bond donors (Lipinski definition) is 2. The van der Waals surface area contributed by atoms with Crippen molar-refractivity contribution in [1.29, 1.82) is 0 Å². The first kappa shape index (κ1) is 21.2. The van der Waals surface area contributed by atoms with E-state index in [0.29, 0.717) is 0 Å². The van der Waals surface area contributed by atoms with Crippen molar-refractivity contribution in [2.75, 3.05) is 0 Å². The molecule has 0 saturated carbocycles. The molecule has 0 radical (unpaired) electrons. The number of nitrogens with one attached hydrogen (secondary N) is 1. The monoisotopic (exact) mass is 469 g/mol. The van der Waals surface area contributed by atoms with Gasteiger partial charge < -0.3 is 14.8 Å². The van der Waals surface area contributed by atoms with Gasteiger partial charge in [0, 0.05) is 23.5 Å². The first-order valence-electron chi connectivity index (χ1n) is 8.96. The average Bonchev–Trinajstić information content (AvgIpc) is 3.04. The van der Waals surface area contributed by atoms with E-state index in [9.17, 15) is 18.0 Å². The van der Waals surface area contributed by atoms with Crippen LogP contribution >= 0.6 is 15.9 Å². The van der Waals surface area contributed by atoms with Gasteiger partial charge in [-0.05, 0) is 69.7 Å². The van der Waals surface area contributed by atoms with Crippen molar-refractivity contribution < 1.29 is 27.8 Å². The van der Waals surface area contributed by atoms with Crippen LogP contribution in [0.3, 0.4) is 0 Å². The van der Waals surface area contributed by atoms with Gasteiger partial charge in [0.25, 0.3) is 0 Å². The summed E-state index contributed by atoms with van der Waals surface area (Å²) in [5, 5.41) is 9.68. The zero-order chi connectivity index (χ0) is 21.3. The van der Waals surface area contributed by atoms with Crippen molar-refractivity contribution in [1.82, 2.24) is 4.98 Å². The molecule has 0 spiro atoms. The second kappa shape index (κ2) is 8.10. The minimum absolute atomic E-state index is 0.00957. The molecule has 0 unspecified atom stereocenters. The number of benzene rings is 2. The van der Waals surface area contributed by atoms with E-state index in [-0.39, 0.29) is 40.3 Å². The molecule has 0 aliphatic heterocycles. The molecule has 8 heteroatoms. The number of H-pyrrole nitrogens is 1. The Morgan fingerprint density at radius 1 is 1.24 bits per heavy atom. The Balaban J connectivity index is 2.02. The Morgan fingerprint density at radius 3 is 2.59 bits per heavy atom. The number of carbonyl (C=O) groups is 1. The van der Waals surface area contributed by atoms with Crippen molar-refractivity contribution >= 4 is 32.8 Å². The number of rotatable bonds is 6. The summed E-state index contributed by atoms with van der Waals surface area (Å²) in [5.41, 5.74) is 1.23. The van der Waals surface area contributed by atoms with Gasteiger partial charge >= 0.3 is 12.1 Å². The van der Waals surface area contributed by atoms with Crippen molar-refractivity contribution in [2.45, 2.75) is 38.8 Å². The quantitative estimate of drug-likeness (QED) is 0.413. The minimum Gasteiger partial charge on any atom is -0.481 e. The number of fused-ring (bicyclic) bond motifs is 1. The van der Waals surface area contributed by atoms with Gasteiger partial charge in [-0.25, -0.2) is 0 Å². The van der Waals surface area contributed by atoms with Gasteiger partial charge in [0.15, 0.2) is 5.75 Å². The summed E-state index contributed by atoms with van der Waals surface area (Å²) in [6.07, 6.45) is -3.04. The Labute approximate surface area is 173 Å². The lowest BCUT2D eigenvalue weighted by atomic mass is 10.0. The number of aromatic nitrogens is 1. The van der Waals surface area contributed by atoms with Gasteiger partial charge in [-0.15, -0.1) is 0 Å². The molecule has 1 aromatic heterocycles. The van der Waals surface area contributed by atoms with Crippen LogP contribution in [0.4, 0.5) is 13.2 Å². The third-order valence-corrected chi connectivity index (χ3v) is 5.15. The zero-order valence-electron chi connectivity index (χ0n) is 15.7. The maximum absolute atomic E-state index is 13.7. The van der Waals surface area contributed by atoms with E-state index < -0.39 is 17.7 Å². The third-order valence-electron chi connectivity index (χ3n) is 4.56. The lowest BCUT2D eigenvalue weighted by molar-refractivity contribution is -0.138. The SMILES string of the molecule is CC(C)c1c[nH]c2ccc(Oc3c(Br)cc(CCC(=O)O)cc3C(F)(F)F)cc12. The molecule has 1 heterocycles. The van der Waals surface area contributed by atoms with Crippen molar-refractivity contribution in [2.24, 2.45) is 0 Å². The number of carboxylic acid groups (broad SMARTS) is 1. The van der Waals surface area contributed by atoms with E-state index in [2.05, 4.69) is 20.9 Å². The fraction of sp³-hybridized carbons (Fsp3) is 0.286. The van der Waals surface area contributed by atoms with E-state index in [4.69, 9.17) is 9.84 Å². The van der Waals surface area contributed by atoms with E-state index in [1.807, 2.05) is 20.0 Å². The van der Waals surface area contributed by atoms with Gasteiger partial charge in [0.05, 0.1) is 10.0 Å². The van der Waals surface area contributed by atoms with E-state index in [1.165, 1.54) is 6.07 Å². The Morgan fingerprint density at radius 2 is 1.97 bits per heavy atom. The van der Waals surface area contributed by atoms with Crippen LogP contribution in [0.5, 0.6) is 11.5 Å². The summed E-state index contributed by atoms with van der Waals surface area (Å²) in [5.74, 6) is -0.901. The van der Waals surface area contributed by atoms with Crippen LogP contribution < -0.4 is 4.74 Å². The third kappa shape index (κ3) is 4.75. The second-order valence-electron chi connectivity index (χ2n) is 7.05. The smallest absolute Gasteiger partial charge is 0.420 e. The van der Waals surface area contributed by atoms with E-state index in [1.54, 1.807) is 18.2 Å². The van der Waals surface area contributed by atoms with Crippen molar-refractivity contribution in [3.8, 4) is 11.5 Å². The Bertz CT molecular complexity index is 1060. The summed E-state index contributed by atoms with van der Waals surface area (Å²) in [7, 11) is 0. The molecule has 3 aromatic rings. The maximum Gasteiger partial charge on any atom is 0.420 e. The molecular weight excluding hydrogens is 451 g/mol. The summed E-state index contributed by atoms with van der Waals surface area (Å²) in [6, 6.07) is 7.48. The summed E-state index contributed by atoms with van der Waals surface area (Å²) in [6.45, 7) is 4.06. The Hall–Kier alpha value is -2.48. The number of halogens is 4. The highest BCUT2D eigenvalue weighted by Gasteiger charge is 2.36. The average molecular weight is 470 g/mol. The first-order chi connectivity index (χ1) is 13.6. The molecule has 0 amide bonds. The van der Waals surface area contributed by atoms with Crippen LogP contribution in [0.2, 0.25) is 0 Å². The molecule has 0 fully saturated rings. The van der Waals surface area contributed by atoms with Crippen LogP contribution in [-0.4, -0.2) is 16.1 Å². The van der Waals surface area contributed by atoms with E-state index in [0.717, 1.165) is 22.5 Å². The number of carboxylic acids is 1. The van der Waals surface area contributed by atoms with Crippen LogP contribution in [0.15, 0.2) is 41.0 Å². The van der Waals surface area contributed by atoms with Crippen LogP contribution in [-0.2, 0) is 17.4 Å². The summed E-state index contributed by atoms with van der Waals surface area (Å²) in [4.78, 5) is 13.9. The fourth-order valence-electron chi connectivity index (χ4n) is 3.14. The molecule has 0 saturated heterocycles. The molecule has 0 bridgehead atoms. The number of aryl methyl sites for hydroxylation is 1. The predicted molar refractivity (Wildman–Crippen MR) is 108 cm³/mol. The molecule has 2 aromatic carbocycles. The molecule has 0 aliphatic rings. The van der Waals surface area contributed by atoms with Gasteiger partial charge in [0.1, 0.15) is 5.75 Å². The van der Waals surface area contributed by atoms with Crippen LogP contribution in [0.25, 0.3) is 10.9 Å². The normalized spacial score (nSPS) is 12.0. The first-order valence-corrected chi connectivity index (χ1v) is 9.76. The largest absolute Gasteiger partial charge is 0.481 e. The zero-order valence-corrected chi connectivity index (χ0v) is 17.3. The lowest BCUT2D eigenvalue weighted by Gasteiger charge is -2.17. The minimum atomic E-state index is -4.65. The molecular formula is C21H19BrF3NO3. The molecule has 2 N–H and O–H groups in total. The summed E-state index contributed by atoms with van der Waals surface area (Å²) < 4.78 is 46.8. The Kier molecular flexibility index (Phi) is 5.93. The number of aliphatic carboxylic acids is 1.